The van der Waals surface area contributed by atoms with Gasteiger partial charge in [0.25, 0.3) is 0 Å². The van der Waals surface area contributed by atoms with E-state index in [1.54, 1.807) is 50.1 Å². The van der Waals surface area contributed by atoms with Crippen molar-refractivity contribution in [3.8, 4) is 11.5 Å². The smallest absolute Gasteiger partial charge is 0.320 e. The molecule has 0 saturated carbocycles. The van der Waals surface area contributed by atoms with Crippen LogP contribution in [0.2, 0.25) is 0 Å². The Balaban J connectivity index is 2.00. The Hall–Kier alpha value is -2.34. The number of rotatable bonds is 7. The van der Waals surface area contributed by atoms with Crippen LogP contribution in [0.4, 0.5) is 0 Å². The lowest BCUT2D eigenvalue weighted by Crippen LogP contribution is -2.39. The van der Waals surface area contributed by atoms with E-state index in [1.807, 2.05) is 24.3 Å². The van der Waals surface area contributed by atoms with Crippen LogP contribution in [0, 0.1) is 0 Å². The van der Waals surface area contributed by atoms with Crippen LogP contribution in [0.5, 0.6) is 11.5 Å². The molecule has 2 atom stereocenters. The number of methoxy groups -OCH3 is 2. The van der Waals surface area contributed by atoms with E-state index < -0.39 is 13.5 Å². The Bertz CT molecular complexity index is 868. The fourth-order valence-electron chi connectivity index (χ4n) is 3.40. The number of esters is 1. The lowest BCUT2D eigenvalue weighted by Gasteiger charge is -2.41. The largest absolute Gasteiger partial charge is 0.497 e. The molecule has 1 fully saturated rings. The molecule has 0 aromatic heterocycles. The van der Waals surface area contributed by atoms with Crippen molar-refractivity contribution in [3.63, 3.8) is 0 Å². The zero-order valence-electron chi connectivity index (χ0n) is 16.9. The summed E-state index contributed by atoms with van der Waals surface area (Å²) in [5.41, 5.74) is 0.937. The quantitative estimate of drug-likeness (QED) is 0.502. The number of hydrogen-bond donors (Lipinski definition) is 0. The first-order valence-corrected chi connectivity index (χ1v) is 11.1. The van der Waals surface area contributed by atoms with Gasteiger partial charge in [-0.15, -0.1) is 0 Å². The molecular formula is C21H26NO6P. The van der Waals surface area contributed by atoms with Gasteiger partial charge < -0.3 is 18.7 Å². The van der Waals surface area contributed by atoms with Crippen LogP contribution in [0.3, 0.4) is 0 Å². The molecule has 0 amide bonds. The summed E-state index contributed by atoms with van der Waals surface area (Å²) in [5.74, 6) is 0.947. The van der Waals surface area contributed by atoms with E-state index in [-0.39, 0.29) is 19.2 Å². The van der Waals surface area contributed by atoms with Gasteiger partial charge in [-0.05, 0) is 55.3 Å². The number of carbonyl (C=O) groups excluding carboxylic acids is 1. The van der Waals surface area contributed by atoms with Gasteiger partial charge in [0.15, 0.2) is 0 Å². The molecule has 2 aromatic carbocycles. The number of ether oxygens (including phenoxy) is 3. The fraction of sp³-hybridized carbons (Fsp3) is 0.381. The maximum Gasteiger partial charge on any atom is 0.320 e. The van der Waals surface area contributed by atoms with Crippen LogP contribution >= 0.6 is 7.52 Å². The summed E-state index contributed by atoms with van der Waals surface area (Å²) in [6.07, 6.45) is 0.603. The van der Waals surface area contributed by atoms with Gasteiger partial charge in [0.2, 0.25) is 0 Å². The van der Waals surface area contributed by atoms with E-state index in [1.165, 1.54) is 0 Å². The Morgan fingerprint density at radius 1 is 1.07 bits per heavy atom. The molecule has 0 bridgehead atoms. The Kier molecular flexibility index (Phi) is 6.96. The second-order valence-corrected chi connectivity index (χ2v) is 8.86. The van der Waals surface area contributed by atoms with Crippen molar-refractivity contribution in [2.24, 2.45) is 0 Å². The molecule has 8 heteroatoms. The molecule has 156 valence electrons. The third-order valence-corrected chi connectivity index (χ3v) is 7.43. The van der Waals surface area contributed by atoms with Gasteiger partial charge in [0.1, 0.15) is 18.0 Å². The van der Waals surface area contributed by atoms with E-state index in [0.717, 1.165) is 11.3 Å². The van der Waals surface area contributed by atoms with Crippen LogP contribution in [0.25, 0.3) is 0 Å². The first kappa shape index (κ1) is 21.4. The Morgan fingerprint density at radius 2 is 1.66 bits per heavy atom. The number of nitrogens with zero attached hydrogens (tertiary/aromatic N) is 1. The number of carbonyl (C=O) groups is 1. The maximum absolute atomic E-state index is 14.0. The van der Waals surface area contributed by atoms with Gasteiger partial charge >= 0.3 is 13.5 Å². The highest BCUT2D eigenvalue weighted by Crippen LogP contribution is 2.57. The van der Waals surface area contributed by atoms with Crippen molar-refractivity contribution >= 4 is 18.8 Å². The summed E-state index contributed by atoms with van der Waals surface area (Å²) in [7, 11) is -0.303. The average molecular weight is 419 g/mol. The summed E-state index contributed by atoms with van der Waals surface area (Å²) >= 11 is 0. The molecule has 0 N–H and O–H groups in total. The van der Waals surface area contributed by atoms with Crippen LogP contribution in [0.15, 0.2) is 48.5 Å². The zero-order valence-corrected chi connectivity index (χ0v) is 17.8. The van der Waals surface area contributed by atoms with Crippen LogP contribution in [-0.2, 0) is 18.6 Å². The van der Waals surface area contributed by atoms with Crippen molar-refractivity contribution in [1.29, 1.82) is 0 Å². The normalized spacial score (nSPS) is 22.1. The van der Waals surface area contributed by atoms with E-state index >= 15 is 0 Å². The van der Waals surface area contributed by atoms with E-state index in [0.29, 0.717) is 24.1 Å². The highest BCUT2D eigenvalue weighted by Gasteiger charge is 2.44. The summed E-state index contributed by atoms with van der Waals surface area (Å²) in [4.78, 5) is 12.3. The predicted octanol–water partition coefficient (Wildman–Crippen LogP) is 3.55. The molecular weight excluding hydrogens is 393 g/mol. The monoisotopic (exact) mass is 419 g/mol. The Labute approximate surface area is 171 Å². The first-order valence-electron chi connectivity index (χ1n) is 9.47. The molecule has 1 saturated heterocycles. The molecule has 3 rings (SSSR count). The maximum atomic E-state index is 14.0. The highest BCUT2D eigenvalue weighted by molar-refractivity contribution is 7.64. The molecule has 1 aliphatic heterocycles. The van der Waals surface area contributed by atoms with Crippen LogP contribution in [0.1, 0.15) is 24.9 Å². The summed E-state index contributed by atoms with van der Waals surface area (Å²) < 4.78 is 37.1. The van der Waals surface area contributed by atoms with E-state index in [2.05, 4.69) is 0 Å². The van der Waals surface area contributed by atoms with Crippen molar-refractivity contribution in [2.45, 2.75) is 19.4 Å². The van der Waals surface area contributed by atoms with Crippen molar-refractivity contribution in [2.75, 3.05) is 34.0 Å². The van der Waals surface area contributed by atoms with Gasteiger partial charge in [-0.25, -0.2) is 4.67 Å². The fourth-order valence-corrected chi connectivity index (χ4v) is 5.79. The second-order valence-electron chi connectivity index (χ2n) is 6.53. The van der Waals surface area contributed by atoms with Crippen molar-refractivity contribution in [1.82, 2.24) is 4.67 Å². The molecule has 0 aliphatic carbocycles. The van der Waals surface area contributed by atoms with E-state index in [4.69, 9.17) is 18.7 Å². The second kappa shape index (κ2) is 9.44. The lowest BCUT2D eigenvalue weighted by molar-refractivity contribution is -0.144. The molecule has 29 heavy (non-hydrogen) atoms. The van der Waals surface area contributed by atoms with Crippen LogP contribution < -0.4 is 14.8 Å². The third kappa shape index (κ3) is 4.64. The van der Waals surface area contributed by atoms with Gasteiger partial charge in [-0.2, -0.15) is 0 Å². The third-order valence-electron chi connectivity index (χ3n) is 4.85. The van der Waals surface area contributed by atoms with Gasteiger partial charge in [-0.3, -0.25) is 9.36 Å². The average Bonchev–Trinajstić information content (AvgIpc) is 2.75. The standard InChI is InChI=1S/C21H26NO6P/c1-4-27-21(23)15-22-20(16-5-7-17(25-2)8-6-16)13-14-28-29(22,24)19-11-9-18(26-3)10-12-19/h5-12,20H,4,13-15H2,1-3H3. The minimum atomic E-state index is -3.48. The lowest BCUT2D eigenvalue weighted by atomic mass is 10.0. The number of benzene rings is 2. The molecule has 0 radical (unpaired) electrons. The van der Waals surface area contributed by atoms with Crippen molar-refractivity contribution < 1.29 is 28.1 Å². The minimum Gasteiger partial charge on any atom is -0.497 e. The highest BCUT2D eigenvalue weighted by atomic mass is 31.2. The van der Waals surface area contributed by atoms with Gasteiger partial charge in [-0.1, -0.05) is 12.1 Å². The SMILES string of the molecule is CCOC(=O)CN1C(c2ccc(OC)cc2)CCOP1(=O)c1ccc(OC)cc1. The summed E-state index contributed by atoms with van der Waals surface area (Å²) in [5, 5.41) is 0.515. The topological polar surface area (TPSA) is 74.3 Å². The predicted molar refractivity (Wildman–Crippen MR) is 110 cm³/mol. The van der Waals surface area contributed by atoms with Crippen LogP contribution in [-0.4, -0.2) is 44.6 Å². The molecule has 7 nitrogen and oxygen atoms in total. The Morgan fingerprint density at radius 3 is 2.21 bits per heavy atom. The summed E-state index contributed by atoms with van der Waals surface area (Å²) in [6, 6.07) is 14.2. The van der Waals surface area contributed by atoms with Gasteiger partial charge in [0.05, 0.1) is 32.7 Å². The zero-order chi connectivity index (χ0) is 20.9. The first-order chi connectivity index (χ1) is 14.0. The van der Waals surface area contributed by atoms with E-state index in [9.17, 15) is 9.36 Å². The molecule has 0 spiro atoms. The molecule has 2 unspecified atom stereocenters. The number of hydrogen-bond acceptors (Lipinski definition) is 6. The molecule has 1 heterocycles. The molecule has 1 aliphatic rings. The minimum absolute atomic E-state index is 0.131. The molecule has 2 aromatic rings. The summed E-state index contributed by atoms with van der Waals surface area (Å²) in [6.45, 7) is 2.19. The van der Waals surface area contributed by atoms with Gasteiger partial charge in [0, 0.05) is 6.04 Å². The van der Waals surface area contributed by atoms with Crippen molar-refractivity contribution in [3.05, 3.63) is 54.1 Å².